The van der Waals surface area contributed by atoms with Crippen LogP contribution in [0.1, 0.15) is 6.42 Å². The second-order valence-electron chi connectivity index (χ2n) is 2.46. The van der Waals surface area contributed by atoms with Gasteiger partial charge in [0.2, 0.25) is 0 Å². The first-order valence-electron chi connectivity index (χ1n) is 4.29. The van der Waals surface area contributed by atoms with Gasteiger partial charge in [-0.25, -0.2) is 0 Å². The number of aliphatic hydroxyl groups is 1. The summed E-state index contributed by atoms with van der Waals surface area (Å²) in [7, 11) is -3.09. The second kappa shape index (κ2) is 8.96. The maximum absolute atomic E-state index is 11.8. The van der Waals surface area contributed by atoms with E-state index >= 15 is 0 Å². The van der Waals surface area contributed by atoms with Crippen LogP contribution in [0.25, 0.3) is 0 Å². The van der Waals surface area contributed by atoms with E-state index in [1.54, 1.807) is 0 Å². The molecule has 0 saturated heterocycles. The summed E-state index contributed by atoms with van der Waals surface area (Å²) in [4.78, 5) is 0. The quantitative estimate of drug-likeness (QED) is 0.394. The molecule has 0 aromatic heterocycles. The molecule has 0 rings (SSSR count). The Bertz CT molecular complexity index is 179. The molecule has 0 saturated carbocycles. The third kappa shape index (κ3) is 7.04. The second-order valence-corrected chi connectivity index (χ2v) is 5.40. The number of alkyl halides is 2. The smallest absolute Gasteiger partial charge is 0.331 e. The van der Waals surface area contributed by atoms with E-state index in [-0.39, 0.29) is 37.7 Å². The fraction of sp³-hybridized carbons (Fsp3) is 1.00. The fourth-order valence-electron chi connectivity index (χ4n) is 0.712. The van der Waals surface area contributed by atoms with Crippen molar-refractivity contribution in [2.75, 3.05) is 37.7 Å². The van der Waals surface area contributed by atoms with Crippen LogP contribution in [0.15, 0.2) is 0 Å². The summed E-state index contributed by atoms with van der Waals surface area (Å²) in [5.74, 6) is 0.467. The predicted molar refractivity (Wildman–Crippen MR) is 57.5 cm³/mol. The predicted octanol–water partition coefficient (Wildman–Crippen LogP) is 2.07. The maximum atomic E-state index is 11.8. The summed E-state index contributed by atoms with van der Waals surface area (Å²) < 4.78 is 21.8. The van der Waals surface area contributed by atoms with Crippen LogP contribution in [0.3, 0.4) is 0 Å². The van der Waals surface area contributed by atoms with Crippen molar-refractivity contribution in [3.63, 3.8) is 0 Å². The van der Waals surface area contributed by atoms with Crippen molar-refractivity contribution >= 4 is 30.8 Å². The van der Waals surface area contributed by atoms with Gasteiger partial charge in [0.25, 0.3) is 0 Å². The Morgan fingerprint density at radius 2 is 1.79 bits per heavy atom. The highest BCUT2D eigenvalue weighted by Gasteiger charge is 2.23. The molecule has 1 atom stereocenters. The molecule has 0 radical (unpaired) electrons. The van der Waals surface area contributed by atoms with Crippen molar-refractivity contribution in [2.45, 2.75) is 6.42 Å². The SMILES string of the molecule is O=P(CCCl)(OCCCl)OCCCO. The average molecular weight is 265 g/mol. The molecule has 0 aromatic carbocycles. The largest absolute Gasteiger partial charge is 0.396 e. The lowest BCUT2D eigenvalue weighted by Crippen LogP contribution is -2.05. The topological polar surface area (TPSA) is 55.8 Å². The van der Waals surface area contributed by atoms with Crippen LogP contribution in [-0.4, -0.2) is 42.8 Å². The standard InChI is InChI=1S/C7H15Cl2O4P/c8-2-6-13-14(11,7-3-9)12-5-1-4-10/h10H,1-7H2. The Balaban J connectivity index is 3.89. The lowest BCUT2D eigenvalue weighted by atomic mass is 10.5. The van der Waals surface area contributed by atoms with Crippen molar-refractivity contribution in [3.8, 4) is 0 Å². The molecular formula is C7H15Cl2O4P. The molecular weight excluding hydrogens is 250 g/mol. The van der Waals surface area contributed by atoms with Crippen molar-refractivity contribution < 1.29 is 18.7 Å². The molecule has 4 nitrogen and oxygen atoms in total. The molecule has 7 heteroatoms. The van der Waals surface area contributed by atoms with Gasteiger partial charge in [-0.3, -0.25) is 4.57 Å². The Kier molecular flexibility index (Phi) is 9.40. The molecule has 0 aliphatic carbocycles. The molecule has 1 N–H and O–H groups in total. The highest BCUT2D eigenvalue weighted by Crippen LogP contribution is 2.48. The normalized spacial score (nSPS) is 15.4. The van der Waals surface area contributed by atoms with Gasteiger partial charge in [-0.1, -0.05) is 0 Å². The molecule has 0 aliphatic heterocycles. The van der Waals surface area contributed by atoms with Crippen LogP contribution in [0.5, 0.6) is 0 Å². The van der Waals surface area contributed by atoms with Gasteiger partial charge in [0.05, 0.1) is 19.4 Å². The molecule has 0 aliphatic rings. The van der Waals surface area contributed by atoms with Gasteiger partial charge >= 0.3 is 7.60 Å². The Hall–Kier alpha value is 0.690. The van der Waals surface area contributed by atoms with E-state index in [2.05, 4.69) is 0 Å². The highest BCUT2D eigenvalue weighted by molar-refractivity contribution is 7.53. The van der Waals surface area contributed by atoms with E-state index in [4.69, 9.17) is 37.4 Å². The van der Waals surface area contributed by atoms with Crippen molar-refractivity contribution in [1.82, 2.24) is 0 Å². The molecule has 0 fully saturated rings. The van der Waals surface area contributed by atoms with E-state index in [0.717, 1.165) is 0 Å². The van der Waals surface area contributed by atoms with E-state index in [9.17, 15) is 4.57 Å². The average Bonchev–Trinajstić information content (AvgIpc) is 2.16. The first-order chi connectivity index (χ1) is 6.68. The summed E-state index contributed by atoms with van der Waals surface area (Å²) in [6, 6.07) is 0. The van der Waals surface area contributed by atoms with Crippen LogP contribution >= 0.6 is 30.8 Å². The Morgan fingerprint density at radius 1 is 1.14 bits per heavy atom. The molecule has 0 aromatic rings. The third-order valence-corrected chi connectivity index (χ3v) is 3.84. The van der Waals surface area contributed by atoms with Gasteiger partial charge < -0.3 is 14.2 Å². The van der Waals surface area contributed by atoms with Gasteiger partial charge in [0, 0.05) is 18.4 Å². The molecule has 86 valence electrons. The summed E-state index contributed by atoms with van der Waals surface area (Å²) in [5, 5.41) is 8.51. The first kappa shape index (κ1) is 14.7. The summed E-state index contributed by atoms with van der Waals surface area (Å²) in [6.45, 7) is 0.373. The Morgan fingerprint density at radius 3 is 2.29 bits per heavy atom. The Labute approximate surface area is 94.0 Å². The highest BCUT2D eigenvalue weighted by atomic mass is 35.5. The van der Waals surface area contributed by atoms with Gasteiger partial charge in [-0.05, 0) is 6.42 Å². The van der Waals surface area contributed by atoms with Crippen molar-refractivity contribution in [2.24, 2.45) is 0 Å². The van der Waals surface area contributed by atoms with E-state index in [1.807, 2.05) is 0 Å². The fourth-order valence-corrected chi connectivity index (χ4v) is 2.83. The summed E-state index contributed by atoms with van der Waals surface area (Å²) >= 11 is 10.9. The molecule has 0 bridgehead atoms. The number of rotatable bonds is 9. The van der Waals surface area contributed by atoms with Gasteiger partial charge in [0.15, 0.2) is 0 Å². The zero-order chi connectivity index (χ0) is 10.9. The zero-order valence-corrected chi connectivity index (χ0v) is 10.2. The van der Waals surface area contributed by atoms with Crippen LogP contribution < -0.4 is 0 Å². The summed E-state index contributed by atoms with van der Waals surface area (Å²) in [5.41, 5.74) is 0. The van der Waals surface area contributed by atoms with Crippen LogP contribution in [0.4, 0.5) is 0 Å². The van der Waals surface area contributed by atoms with E-state index in [0.29, 0.717) is 6.42 Å². The third-order valence-electron chi connectivity index (χ3n) is 1.31. The van der Waals surface area contributed by atoms with E-state index in [1.165, 1.54) is 0 Å². The van der Waals surface area contributed by atoms with Crippen LogP contribution in [-0.2, 0) is 13.6 Å². The maximum Gasteiger partial charge on any atom is 0.331 e. The first-order valence-corrected chi connectivity index (χ1v) is 7.09. The number of aliphatic hydroxyl groups excluding tert-OH is 1. The van der Waals surface area contributed by atoms with Gasteiger partial charge in [0.1, 0.15) is 0 Å². The van der Waals surface area contributed by atoms with Crippen LogP contribution in [0.2, 0.25) is 0 Å². The number of halogens is 2. The minimum Gasteiger partial charge on any atom is -0.396 e. The monoisotopic (exact) mass is 264 g/mol. The zero-order valence-electron chi connectivity index (χ0n) is 7.82. The van der Waals surface area contributed by atoms with E-state index < -0.39 is 7.60 Å². The molecule has 14 heavy (non-hydrogen) atoms. The lowest BCUT2D eigenvalue weighted by molar-refractivity contribution is 0.190. The minimum absolute atomic E-state index is 0.00359. The van der Waals surface area contributed by atoms with Gasteiger partial charge in [-0.2, -0.15) is 0 Å². The van der Waals surface area contributed by atoms with Crippen molar-refractivity contribution in [1.29, 1.82) is 0 Å². The molecule has 0 amide bonds. The summed E-state index contributed by atoms with van der Waals surface area (Å²) in [6.07, 6.45) is 0.591. The molecule has 1 unspecified atom stereocenters. The van der Waals surface area contributed by atoms with Gasteiger partial charge in [-0.15, -0.1) is 23.2 Å². The molecule has 0 spiro atoms. The molecule has 0 heterocycles. The number of hydrogen-bond donors (Lipinski definition) is 1. The lowest BCUT2D eigenvalue weighted by Gasteiger charge is -2.16. The van der Waals surface area contributed by atoms with Crippen LogP contribution in [0, 0.1) is 0 Å². The van der Waals surface area contributed by atoms with Crippen molar-refractivity contribution in [3.05, 3.63) is 0 Å². The minimum atomic E-state index is -3.09. The number of hydrogen-bond acceptors (Lipinski definition) is 4.